The van der Waals surface area contributed by atoms with Crippen molar-refractivity contribution in [1.29, 1.82) is 0 Å². The first-order valence-corrected chi connectivity index (χ1v) is 8.38. The maximum absolute atomic E-state index is 11.2. The number of aromatic hydroxyl groups is 1. The van der Waals surface area contributed by atoms with Crippen molar-refractivity contribution in [3.8, 4) is 5.88 Å². The number of fused-ring (bicyclic) bond motifs is 1. The van der Waals surface area contributed by atoms with Crippen molar-refractivity contribution in [2.45, 2.75) is 13.8 Å². The maximum Gasteiger partial charge on any atom is 0.244 e. The van der Waals surface area contributed by atoms with Crippen molar-refractivity contribution in [2.24, 2.45) is 9.98 Å². The van der Waals surface area contributed by atoms with Crippen LogP contribution in [-0.2, 0) is 9.53 Å². The zero-order valence-corrected chi connectivity index (χ0v) is 14.5. The van der Waals surface area contributed by atoms with Crippen LogP contribution in [0.15, 0.2) is 34.3 Å². The molecule has 1 aromatic carbocycles. The van der Waals surface area contributed by atoms with Crippen molar-refractivity contribution in [3.05, 3.63) is 45.3 Å². The number of amides is 1. The van der Waals surface area contributed by atoms with Crippen LogP contribution in [0.4, 0.5) is 5.13 Å². The van der Waals surface area contributed by atoms with Crippen molar-refractivity contribution in [1.82, 2.24) is 4.98 Å². The maximum atomic E-state index is 11.2. The molecule has 128 valence electrons. The SMILES string of the molecule is CCOC1=CC(=NC(C)=O)N=c2ccc(=Cc3sc(N)nc3O)cc21. The second-order valence-corrected chi connectivity index (χ2v) is 6.27. The molecule has 0 unspecified atom stereocenters. The molecule has 0 atom stereocenters. The number of hydrogen-bond acceptors (Lipinski definition) is 6. The number of rotatable bonds is 3. The summed E-state index contributed by atoms with van der Waals surface area (Å²) in [5.41, 5.74) is 6.39. The number of ether oxygens (including phenoxy) is 1. The number of nitrogens with zero attached hydrogens (tertiary/aromatic N) is 3. The minimum Gasteiger partial charge on any atom is -0.493 e. The predicted octanol–water partition coefficient (Wildman–Crippen LogP) is 1.22. The topological polar surface area (TPSA) is 110 Å². The van der Waals surface area contributed by atoms with Gasteiger partial charge in [-0.2, -0.15) is 9.98 Å². The van der Waals surface area contributed by atoms with E-state index >= 15 is 0 Å². The van der Waals surface area contributed by atoms with Crippen LogP contribution in [0.3, 0.4) is 0 Å². The van der Waals surface area contributed by atoms with Crippen molar-refractivity contribution in [2.75, 3.05) is 12.3 Å². The van der Waals surface area contributed by atoms with E-state index in [1.807, 2.05) is 25.1 Å². The molecular formula is C17H16N4O3S. The Balaban J connectivity index is 2.13. The Labute approximate surface area is 147 Å². The summed E-state index contributed by atoms with van der Waals surface area (Å²) in [6, 6.07) is 5.54. The second kappa shape index (κ2) is 6.86. The van der Waals surface area contributed by atoms with Gasteiger partial charge >= 0.3 is 0 Å². The van der Waals surface area contributed by atoms with E-state index in [-0.39, 0.29) is 11.8 Å². The quantitative estimate of drug-likeness (QED) is 0.859. The Morgan fingerprint density at radius 1 is 1.48 bits per heavy atom. The fourth-order valence-electron chi connectivity index (χ4n) is 2.37. The number of benzene rings is 1. The first-order chi connectivity index (χ1) is 12.0. The highest BCUT2D eigenvalue weighted by Crippen LogP contribution is 2.26. The zero-order valence-electron chi connectivity index (χ0n) is 13.7. The number of aliphatic imine (C=N–C) groups is 1. The molecular weight excluding hydrogens is 340 g/mol. The van der Waals surface area contributed by atoms with Crippen molar-refractivity contribution >= 4 is 40.0 Å². The Morgan fingerprint density at radius 2 is 2.28 bits per heavy atom. The second-order valence-electron chi connectivity index (χ2n) is 5.20. The fraction of sp³-hybridized carbons (Fsp3) is 0.176. The first kappa shape index (κ1) is 16.8. The predicted molar refractivity (Wildman–Crippen MR) is 96.7 cm³/mol. The number of nitrogen functional groups attached to an aromatic ring is 1. The molecule has 0 spiro atoms. The van der Waals surface area contributed by atoms with Gasteiger partial charge in [0.25, 0.3) is 0 Å². The lowest BCUT2D eigenvalue weighted by Crippen LogP contribution is -2.21. The van der Waals surface area contributed by atoms with E-state index in [0.717, 1.165) is 10.8 Å². The highest BCUT2D eigenvalue weighted by molar-refractivity contribution is 7.16. The number of carbonyl (C=O) groups is 1. The largest absolute Gasteiger partial charge is 0.493 e. The number of aromatic nitrogens is 1. The third-order valence-electron chi connectivity index (χ3n) is 3.30. The Bertz CT molecular complexity index is 1020. The van der Waals surface area contributed by atoms with Gasteiger partial charge in [-0.25, -0.2) is 4.99 Å². The number of nitrogens with two attached hydrogens (primary N) is 1. The molecule has 25 heavy (non-hydrogen) atoms. The van der Waals surface area contributed by atoms with Crippen LogP contribution in [-0.4, -0.2) is 28.4 Å². The third-order valence-corrected chi connectivity index (χ3v) is 4.12. The van der Waals surface area contributed by atoms with Gasteiger partial charge in [0.05, 0.1) is 16.8 Å². The first-order valence-electron chi connectivity index (χ1n) is 7.56. The van der Waals surface area contributed by atoms with Crippen LogP contribution >= 0.6 is 11.3 Å². The van der Waals surface area contributed by atoms with Gasteiger partial charge in [0.15, 0.2) is 11.0 Å². The lowest BCUT2D eigenvalue weighted by atomic mass is 10.1. The van der Waals surface area contributed by atoms with Gasteiger partial charge in [0, 0.05) is 18.6 Å². The van der Waals surface area contributed by atoms with E-state index in [9.17, 15) is 9.90 Å². The van der Waals surface area contributed by atoms with Crippen LogP contribution in [0.2, 0.25) is 0 Å². The van der Waals surface area contributed by atoms with Gasteiger partial charge in [-0.1, -0.05) is 17.4 Å². The molecule has 1 aromatic heterocycles. The number of amidine groups is 1. The summed E-state index contributed by atoms with van der Waals surface area (Å²) >= 11 is 1.20. The van der Waals surface area contributed by atoms with Gasteiger partial charge in [-0.05, 0) is 30.4 Å². The summed E-state index contributed by atoms with van der Waals surface area (Å²) in [4.78, 5) is 23.8. The smallest absolute Gasteiger partial charge is 0.244 e. The van der Waals surface area contributed by atoms with Crippen LogP contribution in [0.1, 0.15) is 24.3 Å². The number of thiazole rings is 1. The molecule has 0 saturated carbocycles. The van der Waals surface area contributed by atoms with E-state index in [0.29, 0.717) is 33.6 Å². The molecule has 1 aliphatic heterocycles. The van der Waals surface area contributed by atoms with Crippen LogP contribution < -0.4 is 16.3 Å². The molecule has 7 nitrogen and oxygen atoms in total. The molecule has 1 amide bonds. The molecule has 0 radical (unpaired) electrons. The highest BCUT2D eigenvalue weighted by atomic mass is 32.1. The molecule has 0 bridgehead atoms. The van der Waals surface area contributed by atoms with Gasteiger partial charge < -0.3 is 15.6 Å². The van der Waals surface area contributed by atoms with E-state index < -0.39 is 0 Å². The Hall–Kier alpha value is -3.00. The molecule has 3 rings (SSSR count). The zero-order chi connectivity index (χ0) is 18.0. The van der Waals surface area contributed by atoms with Gasteiger partial charge in [0.1, 0.15) is 5.76 Å². The number of carbonyl (C=O) groups excluding carboxylic acids is 1. The van der Waals surface area contributed by atoms with E-state index in [4.69, 9.17) is 10.5 Å². The van der Waals surface area contributed by atoms with E-state index in [1.54, 1.807) is 12.2 Å². The average Bonchev–Trinajstić information content (AvgIpc) is 2.85. The van der Waals surface area contributed by atoms with Crippen LogP contribution in [0, 0.1) is 0 Å². The van der Waals surface area contributed by atoms with Gasteiger partial charge in [-0.15, -0.1) is 0 Å². The van der Waals surface area contributed by atoms with E-state index in [2.05, 4.69) is 15.0 Å². The summed E-state index contributed by atoms with van der Waals surface area (Å²) in [6.45, 7) is 3.72. The molecule has 2 heterocycles. The van der Waals surface area contributed by atoms with E-state index in [1.165, 1.54) is 18.3 Å². The molecule has 0 saturated heterocycles. The summed E-state index contributed by atoms with van der Waals surface area (Å²) < 4.78 is 5.67. The minimum absolute atomic E-state index is 0.0960. The molecule has 0 aliphatic carbocycles. The molecule has 1 aliphatic rings. The number of hydrogen-bond donors (Lipinski definition) is 2. The van der Waals surface area contributed by atoms with Crippen LogP contribution in [0.25, 0.3) is 11.8 Å². The fourth-order valence-corrected chi connectivity index (χ4v) is 3.06. The minimum atomic E-state index is -0.322. The lowest BCUT2D eigenvalue weighted by Gasteiger charge is -2.13. The van der Waals surface area contributed by atoms with Gasteiger partial charge in [-0.3, -0.25) is 4.79 Å². The van der Waals surface area contributed by atoms with Crippen molar-refractivity contribution in [3.63, 3.8) is 0 Å². The number of anilines is 1. The molecule has 8 heteroatoms. The molecule has 3 N–H and O–H groups in total. The summed E-state index contributed by atoms with van der Waals surface area (Å²) in [6.07, 6.45) is 3.42. The van der Waals surface area contributed by atoms with Crippen molar-refractivity contribution < 1.29 is 14.6 Å². The average molecular weight is 356 g/mol. The lowest BCUT2D eigenvalue weighted by molar-refractivity contribution is -0.115. The highest BCUT2D eigenvalue weighted by Gasteiger charge is 2.13. The summed E-state index contributed by atoms with van der Waals surface area (Å²) in [7, 11) is 0. The molecule has 0 fully saturated rings. The van der Waals surface area contributed by atoms with Gasteiger partial charge in [0.2, 0.25) is 11.8 Å². The third kappa shape index (κ3) is 3.74. The Kier molecular flexibility index (Phi) is 4.62. The summed E-state index contributed by atoms with van der Waals surface area (Å²) in [5, 5.41) is 11.6. The Morgan fingerprint density at radius 3 is 2.92 bits per heavy atom. The normalized spacial score (nSPS) is 15.5. The molecule has 2 aromatic rings. The monoisotopic (exact) mass is 356 g/mol. The van der Waals surface area contributed by atoms with Crippen LogP contribution in [0.5, 0.6) is 5.88 Å². The summed E-state index contributed by atoms with van der Waals surface area (Å²) in [5.74, 6) is 0.489. The standard InChI is InChI=1S/C17H16N4O3S/c1-3-24-13-8-15(19-9(2)22)20-12-5-4-10(6-11(12)13)7-14-16(23)21-17(18)25-14/h4-8,23H,3H2,1-2H3,(H2,18,21).